The molecular formula is C16H19FN4O2. The second-order valence-electron chi connectivity index (χ2n) is 5.11. The van der Waals surface area contributed by atoms with Gasteiger partial charge in [-0.2, -0.15) is 0 Å². The van der Waals surface area contributed by atoms with E-state index in [0.29, 0.717) is 24.2 Å². The molecule has 0 fully saturated rings. The number of hydrogen-bond donors (Lipinski definition) is 2. The first-order valence-electron chi connectivity index (χ1n) is 7.36. The number of rotatable bonds is 5. The predicted molar refractivity (Wildman–Crippen MR) is 86.0 cm³/mol. The van der Waals surface area contributed by atoms with E-state index in [4.69, 9.17) is 0 Å². The van der Waals surface area contributed by atoms with Crippen LogP contribution in [0, 0.1) is 12.7 Å². The van der Waals surface area contributed by atoms with Crippen molar-refractivity contribution >= 4 is 11.7 Å². The Morgan fingerprint density at radius 3 is 2.78 bits per heavy atom. The van der Waals surface area contributed by atoms with Crippen LogP contribution in [0.4, 0.5) is 14.9 Å². The van der Waals surface area contributed by atoms with E-state index in [0.717, 1.165) is 5.69 Å². The molecular weight excluding hydrogens is 299 g/mol. The fraction of sp³-hybridized carbons (Fsp3) is 0.312. The average molecular weight is 318 g/mol. The lowest BCUT2D eigenvalue weighted by Crippen LogP contribution is -2.33. The molecule has 0 atom stereocenters. The lowest BCUT2D eigenvalue weighted by Gasteiger charge is -2.09. The SMILES string of the molecule is CCc1cc(=O)n(CCNC(=O)Nc2ccc(C)c(F)c2)cn1. The molecule has 0 bridgehead atoms. The Morgan fingerprint density at radius 1 is 1.35 bits per heavy atom. The molecule has 2 rings (SSSR count). The van der Waals surface area contributed by atoms with Gasteiger partial charge in [0, 0.05) is 30.5 Å². The van der Waals surface area contributed by atoms with E-state index in [1.807, 2.05) is 6.92 Å². The Balaban J connectivity index is 1.85. The number of benzene rings is 1. The number of aryl methyl sites for hydroxylation is 2. The predicted octanol–water partition coefficient (Wildman–Crippen LogP) is 2.07. The zero-order valence-corrected chi connectivity index (χ0v) is 13.1. The van der Waals surface area contributed by atoms with Crippen LogP contribution in [0.15, 0.2) is 35.4 Å². The van der Waals surface area contributed by atoms with Crippen LogP contribution in [-0.2, 0) is 13.0 Å². The second kappa shape index (κ2) is 7.53. The maximum absolute atomic E-state index is 13.4. The molecule has 0 saturated carbocycles. The standard InChI is InChI=1S/C16H19FN4O2/c1-3-12-9-15(22)21(10-19-12)7-6-18-16(23)20-13-5-4-11(2)14(17)8-13/h4-5,8-10H,3,6-7H2,1-2H3,(H2,18,20,23). The number of carbonyl (C=O) groups is 1. The van der Waals surface area contributed by atoms with Crippen LogP contribution in [0.5, 0.6) is 0 Å². The summed E-state index contributed by atoms with van der Waals surface area (Å²) in [4.78, 5) is 27.7. The van der Waals surface area contributed by atoms with Gasteiger partial charge in [-0.25, -0.2) is 14.2 Å². The van der Waals surface area contributed by atoms with Crippen LogP contribution in [0.3, 0.4) is 0 Å². The summed E-state index contributed by atoms with van der Waals surface area (Å²) in [5.41, 5.74) is 1.47. The summed E-state index contributed by atoms with van der Waals surface area (Å²) in [5, 5.41) is 5.15. The maximum atomic E-state index is 13.4. The number of nitrogens with one attached hydrogen (secondary N) is 2. The quantitative estimate of drug-likeness (QED) is 0.886. The van der Waals surface area contributed by atoms with Crippen molar-refractivity contribution in [2.45, 2.75) is 26.8 Å². The number of amides is 2. The van der Waals surface area contributed by atoms with E-state index in [2.05, 4.69) is 15.6 Å². The lowest BCUT2D eigenvalue weighted by atomic mass is 10.2. The molecule has 1 aromatic carbocycles. The number of nitrogens with zero attached hydrogens (tertiary/aromatic N) is 2. The van der Waals surface area contributed by atoms with Crippen molar-refractivity contribution in [2.75, 3.05) is 11.9 Å². The number of urea groups is 1. The minimum absolute atomic E-state index is 0.153. The van der Waals surface area contributed by atoms with Crippen LogP contribution in [0.25, 0.3) is 0 Å². The Morgan fingerprint density at radius 2 is 2.13 bits per heavy atom. The van der Waals surface area contributed by atoms with Crippen LogP contribution in [0.2, 0.25) is 0 Å². The van der Waals surface area contributed by atoms with Crippen molar-refractivity contribution in [3.63, 3.8) is 0 Å². The van der Waals surface area contributed by atoms with Crippen molar-refractivity contribution < 1.29 is 9.18 Å². The molecule has 2 amide bonds. The number of halogens is 1. The van der Waals surface area contributed by atoms with Crippen molar-refractivity contribution in [3.05, 3.63) is 58.0 Å². The zero-order chi connectivity index (χ0) is 16.8. The highest BCUT2D eigenvalue weighted by atomic mass is 19.1. The van der Waals surface area contributed by atoms with Gasteiger partial charge >= 0.3 is 6.03 Å². The smallest absolute Gasteiger partial charge is 0.319 e. The van der Waals surface area contributed by atoms with E-state index >= 15 is 0 Å². The van der Waals surface area contributed by atoms with Crippen LogP contribution < -0.4 is 16.2 Å². The monoisotopic (exact) mass is 318 g/mol. The van der Waals surface area contributed by atoms with Crippen LogP contribution >= 0.6 is 0 Å². The largest absolute Gasteiger partial charge is 0.336 e. The third-order valence-corrected chi connectivity index (χ3v) is 3.37. The molecule has 1 aromatic heterocycles. The van der Waals surface area contributed by atoms with Gasteiger partial charge in [0.2, 0.25) is 0 Å². The van der Waals surface area contributed by atoms with Crippen LogP contribution in [0.1, 0.15) is 18.2 Å². The van der Waals surface area contributed by atoms with E-state index in [1.54, 1.807) is 19.1 Å². The Hall–Kier alpha value is -2.70. The third kappa shape index (κ3) is 4.64. The number of anilines is 1. The molecule has 0 aliphatic rings. The molecule has 7 heteroatoms. The van der Waals surface area contributed by atoms with Gasteiger partial charge in [0.25, 0.3) is 5.56 Å². The van der Waals surface area contributed by atoms with E-state index < -0.39 is 6.03 Å². The summed E-state index contributed by atoms with van der Waals surface area (Å²) < 4.78 is 14.8. The number of carbonyl (C=O) groups excluding carboxylic acids is 1. The lowest BCUT2D eigenvalue weighted by molar-refractivity contribution is 0.251. The van der Waals surface area contributed by atoms with Gasteiger partial charge in [0.1, 0.15) is 5.82 Å². The molecule has 1 heterocycles. The third-order valence-electron chi connectivity index (χ3n) is 3.37. The highest BCUT2D eigenvalue weighted by Crippen LogP contribution is 2.13. The minimum atomic E-state index is -0.459. The highest BCUT2D eigenvalue weighted by Gasteiger charge is 2.04. The van der Waals surface area contributed by atoms with Crippen LogP contribution in [-0.4, -0.2) is 22.1 Å². The van der Waals surface area contributed by atoms with Gasteiger partial charge in [-0.3, -0.25) is 9.36 Å². The number of aromatic nitrogens is 2. The summed E-state index contributed by atoms with van der Waals surface area (Å²) in [6.45, 7) is 4.14. The van der Waals surface area contributed by atoms with Gasteiger partial charge < -0.3 is 10.6 Å². The van der Waals surface area contributed by atoms with E-state index in [9.17, 15) is 14.0 Å². The van der Waals surface area contributed by atoms with Gasteiger partial charge in [-0.05, 0) is 31.0 Å². The summed E-state index contributed by atoms with van der Waals surface area (Å²) in [7, 11) is 0. The van der Waals surface area contributed by atoms with Crippen molar-refractivity contribution in [2.24, 2.45) is 0 Å². The molecule has 0 radical (unpaired) electrons. The van der Waals surface area contributed by atoms with Gasteiger partial charge in [0.05, 0.1) is 6.33 Å². The van der Waals surface area contributed by atoms with Crippen molar-refractivity contribution in [1.29, 1.82) is 0 Å². The molecule has 0 aliphatic heterocycles. The first-order valence-corrected chi connectivity index (χ1v) is 7.36. The summed E-state index contributed by atoms with van der Waals surface area (Å²) in [6, 6.07) is 5.49. The maximum Gasteiger partial charge on any atom is 0.319 e. The van der Waals surface area contributed by atoms with Gasteiger partial charge in [0.15, 0.2) is 0 Å². The second-order valence-corrected chi connectivity index (χ2v) is 5.11. The average Bonchev–Trinajstić information content (AvgIpc) is 2.52. The molecule has 0 unspecified atom stereocenters. The molecule has 2 N–H and O–H groups in total. The van der Waals surface area contributed by atoms with E-state index in [1.165, 1.54) is 23.0 Å². The zero-order valence-electron chi connectivity index (χ0n) is 13.1. The Labute approximate surface area is 133 Å². The molecule has 0 aliphatic carbocycles. The first kappa shape index (κ1) is 16.7. The highest BCUT2D eigenvalue weighted by molar-refractivity contribution is 5.89. The normalized spacial score (nSPS) is 10.4. The molecule has 6 nitrogen and oxygen atoms in total. The fourth-order valence-electron chi connectivity index (χ4n) is 1.96. The number of hydrogen-bond acceptors (Lipinski definition) is 3. The molecule has 122 valence electrons. The minimum Gasteiger partial charge on any atom is -0.336 e. The molecule has 0 spiro atoms. The molecule has 23 heavy (non-hydrogen) atoms. The topological polar surface area (TPSA) is 76.0 Å². The first-order chi connectivity index (χ1) is 11.0. The van der Waals surface area contributed by atoms with Crippen molar-refractivity contribution in [3.8, 4) is 0 Å². The molecule has 2 aromatic rings. The molecule has 0 saturated heterocycles. The Bertz CT molecular complexity index is 758. The van der Waals surface area contributed by atoms with E-state index in [-0.39, 0.29) is 17.9 Å². The summed E-state index contributed by atoms with van der Waals surface area (Å²) in [6.07, 6.45) is 2.17. The van der Waals surface area contributed by atoms with Gasteiger partial charge in [-0.15, -0.1) is 0 Å². The fourth-order valence-corrected chi connectivity index (χ4v) is 1.96. The summed E-state index contributed by atoms with van der Waals surface area (Å²) >= 11 is 0. The van der Waals surface area contributed by atoms with Gasteiger partial charge in [-0.1, -0.05) is 13.0 Å². The van der Waals surface area contributed by atoms with Crippen molar-refractivity contribution in [1.82, 2.24) is 14.9 Å². The Kier molecular flexibility index (Phi) is 5.46. The summed E-state index contributed by atoms with van der Waals surface area (Å²) in [5.74, 6) is -0.378.